The van der Waals surface area contributed by atoms with Gasteiger partial charge in [-0.05, 0) is 51.3 Å². The summed E-state index contributed by atoms with van der Waals surface area (Å²) in [5.41, 5.74) is 0.477. The van der Waals surface area contributed by atoms with Crippen molar-refractivity contribution in [1.29, 1.82) is 0 Å². The van der Waals surface area contributed by atoms with Gasteiger partial charge in [0.15, 0.2) is 0 Å². The number of esters is 1. The topological polar surface area (TPSA) is 76.7 Å². The Labute approximate surface area is 153 Å². The second kappa shape index (κ2) is 7.39. The number of hydrogen-bond donors (Lipinski definition) is 2. The number of fused-ring (bicyclic) bond motifs is 1. The quantitative estimate of drug-likeness (QED) is 0.484. The van der Waals surface area contributed by atoms with E-state index >= 15 is 0 Å². The molecule has 0 fully saturated rings. The summed E-state index contributed by atoms with van der Waals surface area (Å²) < 4.78 is 10.7. The second-order valence-electron chi connectivity index (χ2n) is 7.41. The third-order valence-electron chi connectivity index (χ3n) is 3.38. The molecule has 0 unspecified atom stereocenters. The van der Waals surface area contributed by atoms with E-state index in [1.54, 1.807) is 39.0 Å². The smallest absolute Gasteiger partial charge is 0.412 e. The first-order valence-corrected chi connectivity index (χ1v) is 8.62. The lowest BCUT2D eigenvalue weighted by Gasteiger charge is -2.20. The van der Waals surface area contributed by atoms with E-state index in [1.165, 1.54) is 0 Å². The maximum Gasteiger partial charge on any atom is 0.412 e. The van der Waals surface area contributed by atoms with Crippen LogP contribution in [0.25, 0.3) is 0 Å². The van der Waals surface area contributed by atoms with Crippen LogP contribution >= 0.6 is 12.2 Å². The number of hydrogen-bond acceptors (Lipinski definition) is 5. The van der Waals surface area contributed by atoms with Crippen LogP contribution in [-0.2, 0) is 9.53 Å². The number of carbonyl (C=O) groups excluding carboxylic acids is 2. The number of rotatable bonds is 3. The molecule has 0 aromatic heterocycles. The van der Waals surface area contributed by atoms with E-state index < -0.39 is 17.7 Å². The van der Waals surface area contributed by atoms with Gasteiger partial charge in [0, 0.05) is 5.69 Å². The van der Waals surface area contributed by atoms with Crippen molar-refractivity contribution < 1.29 is 19.1 Å². The van der Waals surface area contributed by atoms with Crippen molar-refractivity contribution in [2.45, 2.75) is 52.7 Å². The van der Waals surface area contributed by atoms with Crippen molar-refractivity contribution in [2.24, 2.45) is 5.92 Å². The minimum Gasteiger partial charge on any atom is -0.444 e. The Kier molecular flexibility index (Phi) is 5.67. The van der Waals surface area contributed by atoms with Crippen LogP contribution in [-0.4, -0.2) is 28.7 Å². The predicted octanol–water partition coefficient (Wildman–Crippen LogP) is 3.63. The maximum absolute atomic E-state index is 12.2. The highest BCUT2D eigenvalue weighted by Crippen LogP contribution is 2.27. The van der Waals surface area contributed by atoms with Gasteiger partial charge in [0.1, 0.15) is 22.4 Å². The summed E-state index contributed by atoms with van der Waals surface area (Å²) in [6, 6.07) is 4.44. The molecule has 1 heterocycles. The fourth-order valence-electron chi connectivity index (χ4n) is 2.40. The molecule has 0 aliphatic carbocycles. The lowest BCUT2D eigenvalue weighted by molar-refractivity contribution is -0.136. The lowest BCUT2D eigenvalue weighted by atomic mass is 10.0. The van der Waals surface area contributed by atoms with Crippen LogP contribution in [0, 0.1) is 5.92 Å². The second-order valence-corrected chi connectivity index (χ2v) is 7.82. The summed E-state index contributed by atoms with van der Waals surface area (Å²) in [6.45, 7) is 9.42. The first kappa shape index (κ1) is 19.2. The van der Waals surface area contributed by atoms with Crippen LogP contribution in [0.4, 0.5) is 10.5 Å². The highest BCUT2D eigenvalue weighted by Gasteiger charge is 2.29. The van der Waals surface area contributed by atoms with E-state index in [4.69, 9.17) is 21.7 Å². The Hall–Kier alpha value is -2.15. The zero-order chi connectivity index (χ0) is 18.8. The maximum atomic E-state index is 12.2. The third kappa shape index (κ3) is 5.42. The molecule has 0 saturated heterocycles. The number of nitrogens with one attached hydrogen (secondary N) is 2. The number of thiocarbonyl (C=S) groups is 1. The van der Waals surface area contributed by atoms with Crippen LogP contribution in [0.1, 0.15) is 46.6 Å². The van der Waals surface area contributed by atoms with Crippen molar-refractivity contribution in [1.82, 2.24) is 5.32 Å². The molecule has 136 valence electrons. The normalized spacial score (nSPS) is 17.3. The molecule has 7 heteroatoms. The predicted molar refractivity (Wildman–Crippen MR) is 100 cm³/mol. The van der Waals surface area contributed by atoms with Gasteiger partial charge in [0.25, 0.3) is 0 Å². The van der Waals surface area contributed by atoms with Gasteiger partial charge in [-0.25, -0.2) is 9.59 Å². The Balaban J connectivity index is 2.19. The molecule has 1 aliphatic heterocycles. The van der Waals surface area contributed by atoms with Crippen LogP contribution in [0.5, 0.6) is 5.75 Å². The summed E-state index contributed by atoms with van der Waals surface area (Å²) in [7, 11) is 0. The number of carbonyl (C=O) groups is 2. The van der Waals surface area contributed by atoms with E-state index in [-0.39, 0.29) is 5.97 Å². The van der Waals surface area contributed by atoms with Gasteiger partial charge >= 0.3 is 12.1 Å². The lowest BCUT2D eigenvalue weighted by Crippen LogP contribution is -2.41. The molecule has 2 N–H and O–H groups in total. The summed E-state index contributed by atoms with van der Waals surface area (Å²) in [5, 5.41) is 5.70. The van der Waals surface area contributed by atoms with Gasteiger partial charge < -0.3 is 14.8 Å². The molecular weight excluding hydrogens is 340 g/mol. The molecule has 2 rings (SSSR count). The molecule has 1 aliphatic rings. The fourth-order valence-corrected chi connectivity index (χ4v) is 2.70. The molecule has 1 amide bonds. The molecule has 6 nitrogen and oxygen atoms in total. The van der Waals surface area contributed by atoms with Crippen molar-refractivity contribution >= 4 is 35.0 Å². The fraction of sp³-hybridized carbons (Fsp3) is 0.500. The van der Waals surface area contributed by atoms with Gasteiger partial charge in [-0.1, -0.05) is 26.1 Å². The molecular formula is C18H24N2O4S. The third-order valence-corrected chi connectivity index (χ3v) is 3.71. The van der Waals surface area contributed by atoms with Crippen LogP contribution in [0.3, 0.4) is 0 Å². The van der Waals surface area contributed by atoms with Crippen molar-refractivity contribution in [3.05, 3.63) is 23.8 Å². The molecule has 1 aromatic carbocycles. The van der Waals surface area contributed by atoms with Gasteiger partial charge in [-0.15, -0.1) is 0 Å². The highest BCUT2D eigenvalue weighted by atomic mass is 32.1. The average molecular weight is 364 g/mol. The van der Waals surface area contributed by atoms with Gasteiger partial charge in [0.2, 0.25) is 0 Å². The van der Waals surface area contributed by atoms with Crippen molar-refractivity contribution in [3.8, 4) is 5.75 Å². The summed E-state index contributed by atoms with van der Waals surface area (Å²) >= 11 is 5.40. The minimum absolute atomic E-state index is 0.318. The van der Waals surface area contributed by atoms with E-state index in [0.717, 1.165) is 0 Å². The van der Waals surface area contributed by atoms with Gasteiger partial charge in [-0.3, -0.25) is 5.32 Å². The van der Waals surface area contributed by atoms with E-state index in [1.807, 2.05) is 13.8 Å². The molecule has 0 spiro atoms. The Morgan fingerprint density at radius 2 is 2.08 bits per heavy atom. The van der Waals surface area contributed by atoms with E-state index in [9.17, 15) is 9.59 Å². The zero-order valence-corrected chi connectivity index (χ0v) is 16.0. The van der Waals surface area contributed by atoms with Gasteiger partial charge in [0.05, 0.1) is 5.56 Å². The average Bonchev–Trinajstić information content (AvgIpc) is 2.55. The van der Waals surface area contributed by atoms with Crippen molar-refractivity contribution in [3.63, 3.8) is 0 Å². The first-order valence-electron chi connectivity index (χ1n) is 8.22. The molecule has 0 bridgehead atoms. The standard InChI is InChI=1S/C18H24N2O4S/c1-10(2)8-13-16(21)23-14-7-6-11(9-12(14)15(25)20-13)19-17(22)24-18(3,4)5/h6-7,9-10,13H,8H2,1-5H3,(H,19,22)(H,20,25)/t13-/m0/s1. The van der Waals surface area contributed by atoms with Crippen LogP contribution in [0.2, 0.25) is 0 Å². The van der Waals surface area contributed by atoms with Crippen molar-refractivity contribution in [2.75, 3.05) is 5.32 Å². The Morgan fingerprint density at radius 1 is 1.40 bits per heavy atom. The van der Waals surface area contributed by atoms with Crippen LogP contribution < -0.4 is 15.4 Å². The van der Waals surface area contributed by atoms with Gasteiger partial charge in [-0.2, -0.15) is 0 Å². The largest absolute Gasteiger partial charge is 0.444 e. The molecule has 25 heavy (non-hydrogen) atoms. The molecule has 0 saturated carbocycles. The summed E-state index contributed by atoms with van der Waals surface area (Å²) in [4.78, 5) is 24.6. The molecule has 1 aromatic rings. The number of benzene rings is 1. The number of amides is 1. The minimum atomic E-state index is -0.591. The monoisotopic (exact) mass is 364 g/mol. The Morgan fingerprint density at radius 3 is 2.68 bits per heavy atom. The summed E-state index contributed by atoms with van der Waals surface area (Å²) in [5.74, 6) is 0.338. The molecule has 0 radical (unpaired) electrons. The first-order chi connectivity index (χ1) is 11.5. The Bertz CT molecular complexity index is 695. The zero-order valence-electron chi connectivity index (χ0n) is 15.1. The number of anilines is 1. The highest BCUT2D eigenvalue weighted by molar-refractivity contribution is 7.80. The number of ether oxygens (including phenoxy) is 2. The summed E-state index contributed by atoms with van der Waals surface area (Å²) in [6.07, 6.45) is 0.0605. The van der Waals surface area contributed by atoms with E-state index in [2.05, 4.69) is 10.6 Å². The van der Waals surface area contributed by atoms with E-state index in [0.29, 0.717) is 34.3 Å². The molecule has 1 atom stereocenters. The van der Waals surface area contributed by atoms with Crippen LogP contribution in [0.15, 0.2) is 18.2 Å². The SMILES string of the molecule is CC(C)C[C@@H]1NC(=S)c2cc(NC(=O)OC(C)(C)C)ccc2OC1=O.